The Morgan fingerprint density at radius 3 is 2.44 bits per heavy atom. The highest BCUT2D eigenvalue weighted by molar-refractivity contribution is 5.66. The number of hydrogen-bond donors (Lipinski definition) is 2. The fraction of sp³-hybridized carbons (Fsp3) is 0.455. The summed E-state index contributed by atoms with van der Waals surface area (Å²) in [6.07, 6.45) is -4.37. The smallest absolute Gasteiger partial charge is 0.397 e. The van der Waals surface area contributed by atoms with Crippen LogP contribution in [0.25, 0.3) is 0 Å². The summed E-state index contributed by atoms with van der Waals surface area (Å²) in [5.74, 6) is 0. The molecule has 0 aliphatic carbocycles. The summed E-state index contributed by atoms with van der Waals surface area (Å²) < 4.78 is 42.5. The van der Waals surface area contributed by atoms with Crippen molar-refractivity contribution in [2.45, 2.75) is 6.18 Å². The van der Waals surface area contributed by atoms with Crippen molar-refractivity contribution in [3.05, 3.63) is 23.8 Å². The first-order valence-corrected chi connectivity index (χ1v) is 5.53. The molecule has 100 valence electrons. The summed E-state index contributed by atoms with van der Waals surface area (Å²) in [6, 6.07) is 3.29. The highest BCUT2D eigenvalue weighted by Gasteiger charge is 2.30. The standard InChI is InChI=1S/C11H14F3N3O/c12-11(13,14)8-1-2-10(9(15)7-8)16-17-3-5-18-6-4-17/h1-2,7,16H,3-6,15H2. The third kappa shape index (κ3) is 3.05. The molecule has 4 nitrogen and oxygen atoms in total. The van der Waals surface area contributed by atoms with E-state index >= 15 is 0 Å². The van der Waals surface area contributed by atoms with E-state index in [2.05, 4.69) is 5.43 Å². The van der Waals surface area contributed by atoms with Gasteiger partial charge < -0.3 is 15.9 Å². The van der Waals surface area contributed by atoms with Crippen LogP contribution in [0.5, 0.6) is 0 Å². The molecule has 1 fully saturated rings. The van der Waals surface area contributed by atoms with Gasteiger partial charge in [0.2, 0.25) is 0 Å². The number of anilines is 2. The van der Waals surface area contributed by atoms with Gasteiger partial charge in [0.1, 0.15) is 0 Å². The number of alkyl halides is 3. The quantitative estimate of drug-likeness (QED) is 0.799. The molecule has 0 amide bonds. The van der Waals surface area contributed by atoms with Crippen molar-refractivity contribution in [3.63, 3.8) is 0 Å². The molecule has 1 saturated heterocycles. The van der Waals surface area contributed by atoms with Crippen molar-refractivity contribution < 1.29 is 17.9 Å². The number of nitrogen functional groups attached to an aromatic ring is 1. The van der Waals surface area contributed by atoms with E-state index in [0.29, 0.717) is 32.0 Å². The Labute approximate surface area is 102 Å². The maximum atomic E-state index is 12.5. The first-order chi connectivity index (χ1) is 8.47. The number of nitrogens with zero attached hydrogens (tertiary/aromatic N) is 1. The van der Waals surface area contributed by atoms with Crippen LogP contribution in [-0.4, -0.2) is 31.3 Å². The molecule has 0 bridgehead atoms. The Kier molecular flexibility index (Phi) is 3.63. The number of hydrazine groups is 1. The highest BCUT2D eigenvalue weighted by atomic mass is 19.4. The van der Waals surface area contributed by atoms with Crippen LogP contribution in [0.3, 0.4) is 0 Å². The molecule has 1 aliphatic rings. The third-order valence-corrected chi connectivity index (χ3v) is 2.67. The van der Waals surface area contributed by atoms with E-state index in [9.17, 15) is 13.2 Å². The third-order valence-electron chi connectivity index (χ3n) is 2.67. The van der Waals surface area contributed by atoms with Crippen LogP contribution in [0, 0.1) is 0 Å². The van der Waals surface area contributed by atoms with E-state index in [-0.39, 0.29) is 5.69 Å². The van der Waals surface area contributed by atoms with Crippen molar-refractivity contribution in [1.82, 2.24) is 5.01 Å². The molecular weight excluding hydrogens is 247 g/mol. The lowest BCUT2D eigenvalue weighted by Crippen LogP contribution is -2.40. The van der Waals surface area contributed by atoms with Crippen molar-refractivity contribution in [2.75, 3.05) is 37.5 Å². The molecule has 2 rings (SSSR count). The summed E-state index contributed by atoms with van der Waals surface area (Å²) in [7, 11) is 0. The Morgan fingerprint density at radius 1 is 1.22 bits per heavy atom. The van der Waals surface area contributed by atoms with Gasteiger partial charge in [0.25, 0.3) is 0 Å². The monoisotopic (exact) mass is 261 g/mol. The van der Waals surface area contributed by atoms with E-state index < -0.39 is 11.7 Å². The number of nitrogens with one attached hydrogen (secondary N) is 1. The van der Waals surface area contributed by atoms with Crippen LogP contribution in [0.2, 0.25) is 0 Å². The number of morpholine rings is 1. The van der Waals surface area contributed by atoms with E-state index in [4.69, 9.17) is 10.5 Å². The van der Waals surface area contributed by atoms with Crippen molar-refractivity contribution >= 4 is 11.4 Å². The molecule has 3 N–H and O–H groups in total. The molecule has 0 aromatic heterocycles. The maximum Gasteiger partial charge on any atom is 0.416 e. The van der Waals surface area contributed by atoms with Gasteiger partial charge in [-0.05, 0) is 18.2 Å². The summed E-state index contributed by atoms with van der Waals surface area (Å²) in [5.41, 5.74) is 8.42. The van der Waals surface area contributed by atoms with Gasteiger partial charge in [-0.2, -0.15) is 13.2 Å². The maximum absolute atomic E-state index is 12.5. The lowest BCUT2D eigenvalue weighted by Gasteiger charge is -2.28. The lowest BCUT2D eigenvalue weighted by atomic mass is 10.1. The van der Waals surface area contributed by atoms with Crippen molar-refractivity contribution in [2.24, 2.45) is 0 Å². The summed E-state index contributed by atoms with van der Waals surface area (Å²) in [6.45, 7) is 2.52. The zero-order valence-corrected chi connectivity index (χ0v) is 9.63. The molecule has 7 heteroatoms. The molecule has 0 radical (unpaired) electrons. The largest absolute Gasteiger partial charge is 0.416 e. The number of halogens is 3. The molecule has 1 heterocycles. The topological polar surface area (TPSA) is 50.5 Å². The molecule has 0 saturated carbocycles. The van der Waals surface area contributed by atoms with Crippen LogP contribution >= 0.6 is 0 Å². The van der Waals surface area contributed by atoms with E-state index in [1.165, 1.54) is 6.07 Å². The van der Waals surface area contributed by atoms with Crippen LogP contribution in [0.15, 0.2) is 18.2 Å². The number of nitrogens with two attached hydrogens (primary N) is 1. The minimum Gasteiger partial charge on any atom is -0.397 e. The van der Waals surface area contributed by atoms with Gasteiger partial charge in [-0.15, -0.1) is 0 Å². The normalized spacial score (nSPS) is 17.7. The van der Waals surface area contributed by atoms with Crippen LogP contribution in [0.4, 0.5) is 24.5 Å². The van der Waals surface area contributed by atoms with Gasteiger partial charge in [0.15, 0.2) is 0 Å². The number of benzene rings is 1. The first kappa shape index (κ1) is 13.0. The van der Waals surface area contributed by atoms with Gasteiger partial charge in [0.05, 0.1) is 30.2 Å². The molecule has 1 aliphatic heterocycles. The molecule has 1 aromatic carbocycles. The van der Waals surface area contributed by atoms with Gasteiger partial charge in [-0.1, -0.05) is 0 Å². The zero-order valence-electron chi connectivity index (χ0n) is 9.63. The Balaban J connectivity index is 2.09. The summed E-state index contributed by atoms with van der Waals surface area (Å²) >= 11 is 0. The van der Waals surface area contributed by atoms with E-state index in [1.807, 2.05) is 5.01 Å². The van der Waals surface area contributed by atoms with Crippen LogP contribution in [-0.2, 0) is 10.9 Å². The predicted octanol–water partition coefficient (Wildman–Crippen LogP) is 1.95. The predicted molar refractivity (Wildman–Crippen MR) is 61.9 cm³/mol. The van der Waals surface area contributed by atoms with Gasteiger partial charge in [-0.25, -0.2) is 5.01 Å². The fourth-order valence-electron chi connectivity index (χ4n) is 1.69. The molecule has 0 atom stereocenters. The van der Waals surface area contributed by atoms with Crippen LogP contribution in [0.1, 0.15) is 5.56 Å². The number of hydrogen-bond acceptors (Lipinski definition) is 4. The number of ether oxygens (including phenoxy) is 1. The van der Waals surface area contributed by atoms with Gasteiger partial charge in [-0.3, -0.25) is 0 Å². The van der Waals surface area contributed by atoms with E-state index in [0.717, 1.165) is 12.1 Å². The number of rotatable bonds is 2. The molecule has 0 unspecified atom stereocenters. The second-order valence-corrected chi connectivity index (χ2v) is 4.01. The highest BCUT2D eigenvalue weighted by Crippen LogP contribution is 2.32. The SMILES string of the molecule is Nc1cc(C(F)(F)F)ccc1NN1CCOCC1. The van der Waals surface area contributed by atoms with E-state index in [1.54, 1.807) is 0 Å². The van der Waals surface area contributed by atoms with Gasteiger partial charge in [0, 0.05) is 13.1 Å². The molecule has 18 heavy (non-hydrogen) atoms. The Morgan fingerprint density at radius 2 is 1.89 bits per heavy atom. The average molecular weight is 261 g/mol. The minimum atomic E-state index is -4.37. The second kappa shape index (κ2) is 5.03. The lowest BCUT2D eigenvalue weighted by molar-refractivity contribution is -0.137. The molecule has 1 aromatic rings. The molecular formula is C11H14F3N3O. The van der Waals surface area contributed by atoms with Crippen LogP contribution < -0.4 is 11.2 Å². The minimum absolute atomic E-state index is 0.0799. The van der Waals surface area contributed by atoms with Gasteiger partial charge >= 0.3 is 6.18 Å². The summed E-state index contributed by atoms with van der Waals surface area (Å²) in [4.78, 5) is 0. The van der Waals surface area contributed by atoms with Crippen molar-refractivity contribution in [1.29, 1.82) is 0 Å². The first-order valence-electron chi connectivity index (χ1n) is 5.53. The summed E-state index contributed by atoms with van der Waals surface area (Å²) in [5, 5.41) is 1.86. The second-order valence-electron chi connectivity index (χ2n) is 4.01. The van der Waals surface area contributed by atoms with Crippen molar-refractivity contribution in [3.8, 4) is 0 Å². The molecule has 0 spiro atoms. The fourth-order valence-corrected chi connectivity index (χ4v) is 1.69. The average Bonchev–Trinajstić information content (AvgIpc) is 2.32. The Bertz CT molecular complexity index is 416. The zero-order chi connectivity index (χ0) is 13.2. The Hall–Kier alpha value is -1.47.